The summed E-state index contributed by atoms with van der Waals surface area (Å²) >= 11 is 1.84. The van der Waals surface area contributed by atoms with Crippen molar-refractivity contribution in [3.05, 3.63) is 170 Å². The molecule has 11 aromatic rings. The van der Waals surface area contributed by atoms with Crippen LogP contribution in [-0.4, -0.2) is 9.97 Å². The van der Waals surface area contributed by atoms with E-state index in [-0.39, 0.29) is 0 Å². The molecule has 0 saturated carbocycles. The molecule has 3 heterocycles. The van der Waals surface area contributed by atoms with Gasteiger partial charge < -0.3 is 0 Å². The van der Waals surface area contributed by atoms with Crippen LogP contribution in [0.4, 0.5) is 0 Å². The van der Waals surface area contributed by atoms with E-state index in [1.165, 1.54) is 63.6 Å². The molecule has 0 amide bonds. The number of pyridine rings is 2. The Kier molecular flexibility index (Phi) is 6.16. The molecule has 0 bridgehead atoms. The average molecular weight is 665 g/mol. The second-order valence-corrected chi connectivity index (χ2v) is 14.4. The van der Waals surface area contributed by atoms with Gasteiger partial charge in [-0.05, 0) is 79.8 Å². The quantitative estimate of drug-likeness (QED) is 0.176. The van der Waals surface area contributed by atoms with Gasteiger partial charge in [-0.2, -0.15) is 0 Å². The molecule has 3 heteroatoms. The van der Waals surface area contributed by atoms with Crippen LogP contribution in [0.3, 0.4) is 0 Å². The van der Waals surface area contributed by atoms with Gasteiger partial charge in [0, 0.05) is 42.1 Å². The zero-order valence-electron chi connectivity index (χ0n) is 27.5. The zero-order valence-corrected chi connectivity index (χ0v) is 28.3. The molecule has 0 N–H and O–H groups in total. The van der Waals surface area contributed by atoms with E-state index in [2.05, 4.69) is 170 Å². The summed E-state index contributed by atoms with van der Waals surface area (Å²) in [4.78, 5) is 10.5. The fourth-order valence-electron chi connectivity index (χ4n) is 7.90. The van der Waals surface area contributed by atoms with E-state index in [4.69, 9.17) is 9.97 Å². The van der Waals surface area contributed by atoms with E-state index in [0.29, 0.717) is 0 Å². The molecule has 0 radical (unpaired) electrons. The molecule has 8 aromatic carbocycles. The minimum atomic E-state index is 0.923. The van der Waals surface area contributed by atoms with Gasteiger partial charge in [0.15, 0.2) is 0 Å². The number of aromatic nitrogens is 2. The Balaban J connectivity index is 0.986. The highest BCUT2D eigenvalue weighted by molar-refractivity contribution is 7.25. The van der Waals surface area contributed by atoms with E-state index < -0.39 is 0 Å². The largest absolute Gasteiger partial charge is 0.245 e. The van der Waals surface area contributed by atoms with Crippen LogP contribution in [-0.2, 0) is 0 Å². The number of hydrogen-bond acceptors (Lipinski definition) is 3. The Labute approximate surface area is 297 Å². The molecule has 0 aliphatic carbocycles. The summed E-state index contributed by atoms with van der Waals surface area (Å²) in [5.74, 6) is 0. The SMILES string of the molecule is c1ccc2c(c1)sc1ccc(-c3ccc4ccc5ccc(-c6ccc(-c7ccc8c9ccccc9c9ccccc9c8c7)cc6)nc5c4n3)cc12. The van der Waals surface area contributed by atoms with E-state index in [9.17, 15) is 0 Å². The average Bonchev–Trinajstić information content (AvgIpc) is 3.58. The van der Waals surface area contributed by atoms with Crippen molar-refractivity contribution >= 4 is 85.6 Å². The van der Waals surface area contributed by atoms with Crippen LogP contribution in [0.25, 0.3) is 108 Å². The minimum absolute atomic E-state index is 0.923. The van der Waals surface area contributed by atoms with Crippen molar-refractivity contribution in [2.45, 2.75) is 0 Å². The zero-order chi connectivity index (χ0) is 33.5. The highest BCUT2D eigenvalue weighted by Crippen LogP contribution is 2.39. The molecule has 2 nitrogen and oxygen atoms in total. The Hall–Kier alpha value is -6.42. The number of thiophene rings is 1. The van der Waals surface area contributed by atoms with E-state index in [1.54, 1.807) is 0 Å². The lowest BCUT2D eigenvalue weighted by atomic mass is 9.92. The summed E-state index contributed by atoms with van der Waals surface area (Å²) in [6.45, 7) is 0. The van der Waals surface area contributed by atoms with Crippen molar-refractivity contribution in [1.82, 2.24) is 9.97 Å². The van der Waals surface area contributed by atoms with Crippen LogP contribution in [0.15, 0.2) is 170 Å². The van der Waals surface area contributed by atoms with Gasteiger partial charge in [0.1, 0.15) is 0 Å². The molecule has 236 valence electrons. The van der Waals surface area contributed by atoms with Crippen molar-refractivity contribution in [2.24, 2.45) is 0 Å². The molecule has 11 rings (SSSR count). The summed E-state index contributed by atoms with van der Waals surface area (Å²) in [5, 5.41) is 12.5. The maximum Gasteiger partial charge on any atom is 0.0972 e. The Morgan fingerprint density at radius 2 is 0.745 bits per heavy atom. The molecule has 3 aromatic heterocycles. The predicted octanol–water partition coefficient (Wildman–Crippen LogP) is 13.6. The number of rotatable bonds is 3. The van der Waals surface area contributed by atoms with Gasteiger partial charge in [0.2, 0.25) is 0 Å². The van der Waals surface area contributed by atoms with Crippen LogP contribution >= 0.6 is 11.3 Å². The lowest BCUT2D eigenvalue weighted by Crippen LogP contribution is -1.91. The van der Waals surface area contributed by atoms with Crippen molar-refractivity contribution in [3.63, 3.8) is 0 Å². The predicted molar refractivity (Wildman–Crippen MR) is 219 cm³/mol. The second kappa shape index (κ2) is 11.0. The first kappa shape index (κ1) is 28.4. The van der Waals surface area contributed by atoms with Gasteiger partial charge in [-0.3, -0.25) is 0 Å². The van der Waals surface area contributed by atoms with E-state index >= 15 is 0 Å². The third kappa shape index (κ3) is 4.49. The molecule has 0 spiro atoms. The Bertz CT molecular complexity index is 3160. The summed E-state index contributed by atoms with van der Waals surface area (Å²) in [6.07, 6.45) is 0. The monoisotopic (exact) mass is 664 g/mol. The minimum Gasteiger partial charge on any atom is -0.245 e. The lowest BCUT2D eigenvalue weighted by molar-refractivity contribution is 1.37. The number of nitrogens with zero attached hydrogens (tertiary/aromatic N) is 2. The van der Waals surface area contributed by atoms with Gasteiger partial charge in [-0.25, -0.2) is 9.97 Å². The van der Waals surface area contributed by atoms with Gasteiger partial charge in [0.25, 0.3) is 0 Å². The fraction of sp³-hybridized carbons (Fsp3) is 0. The van der Waals surface area contributed by atoms with Crippen LogP contribution in [0.1, 0.15) is 0 Å². The lowest BCUT2D eigenvalue weighted by Gasteiger charge is -2.12. The normalized spacial score (nSPS) is 11.9. The molecule has 0 fully saturated rings. The smallest absolute Gasteiger partial charge is 0.0972 e. The van der Waals surface area contributed by atoms with Gasteiger partial charge in [-0.1, -0.05) is 133 Å². The maximum atomic E-state index is 5.24. The second-order valence-electron chi connectivity index (χ2n) is 13.3. The highest BCUT2D eigenvalue weighted by Gasteiger charge is 2.13. The summed E-state index contributed by atoms with van der Waals surface area (Å²) < 4.78 is 2.61. The van der Waals surface area contributed by atoms with Gasteiger partial charge in [-0.15, -0.1) is 11.3 Å². The summed E-state index contributed by atoms with van der Waals surface area (Å²) in [6, 6.07) is 61.4. The molecule has 0 saturated heterocycles. The van der Waals surface area contributed by atoms with E-state index in [0.717, 1.165) is 44.3 Å². The van der Waals surface area contributed by atoms with Crippen molar-refractivity contribution in [1.29, 1.82) is 0 Å². The molecular formula is C48H28N2S. The number of hydrogen-bond donors (Lipinski definition) is 0. The molecule has 0 aliphatic heterocycles. The van der Waals surface area contributed by atoms with Crippen molar-refractivity contribution < 1.29 is 0 Å². The molecular weight excluding hydrogens is 637 g/mol. The highest BCUT2D eigenvalue weighted by atomic mass is 32.1. The van der Waals surface area contributed by atoms with E-state index in [1.807, 2.05) is 11.3 Å². The molecule has 0 unspecified atom stereocenters. The first-order chi connectivity index (χ1) is 25.2. The number of fused-ring (bicyclic) bond motifs is 12. The van der Waals surface area contributed by atoms with Gasteiger partial charge in [0.05, 0.1) is 22.4 Å². The Morgan fingerprint density at radius 3 is 1.41 bits per heavy atom. The molecule has 0 atom stereocenters. The summed E-state index contributed by atoms with van der Waals surface area (Å²) in [5.41, 5.74) is 8.34. The standard InChI is InChI=1S/C48H28N2S/c1-2-9-37-35(7-1)36-8-3-4-10-38(36)41-27-33(19-23-39(37)41)29-13-15-30(16-14-29)43-24-20-31-17-18-32-21-25-44(50-48(32)47(31)49-43)34-22-26-46-42(28-34)40-11-5-6-12-45(40)51-46/h1-28H. The fourth-order valence-corrected chi connectivity index (χ4v) is 8.98. The first-order valence-corrected chi connectivity index (χ1v) is 18.1. The van der Waals surface area contributed by atoms with Crippen LogP contribution in [0, 0.1) is 0 Å². The first-order valence-electron chi connectivity index (χ1n) is 17.3. The molecule has 51 heavy (non-hydrogen) atoms. The van der Waals surface area contributed by atoms with Crippen LogP contribution in [0.2, 0.25) is 0 Å². The maximum absolute atomic E-state index is 5.24. The van der Waals surface area contributed by atoms with Gasteiger partial charge >= 0.3 is 0 Å². The van der Waals surface area contributed by atoms with Crippen LogP contribution in [0.5, 0.6) is 0 Å². The van der Waals surface area contributed by atoms with Crippen molar-refractivity contribution in [2.75, 3.05) is 0 Å². The van der Waals surface area contributed by atoms with Crippen molar-refractivity contribution in [3.8, 4) is 33.6 Å². The third-order valence-corrected chi connectivity index (χ3v) is 11.6. The summed E-state index contributed by atoms with van der Waals surface area (Å²) in [7, 11) is 0. The topological polar surface area (TPSA) is 25.8 Å². The Morgan fingerprint density at radius 1 is 0.294 bits per heavy atom. The molecule has 0 aliphatic rings. The number of benzene rings is 8. The third-order valence-electron chi connectivity index (χ3n) is 10.5. The van der Waals surface area contributed by atoms with Crippen LogP contribution < -0.4 is 0 Å².